The average Bonchev–Trinajstić information content (AvgIpc) is 3.45. The van der Waals surface area contributed by atoms with Crippen molar-refractivity contribution in [3.63, 3.8) is 0 Å². The molecule has 0 amide bonds. The molecule has 250 valence electrons. The summed E-state index contributed by atoms with van der Waals surface area (Å²) in [5.41, 5.74) is 15.2. The van der Waals surface area contributed by atoms with Gasteiger partial charge in [-0.3, -0.25) is 0 Å². The van der Waals surface area contributed by atoms with E-state index in [2.05, 4.69) is 178 Å². The van der Waals surface area contributed by atoms with Crippen molar-refractivity contribution in [2.75, 3.05) is 0 Å². The highest BCUT2D eigenvalue weighted by Crippen LogP contribution is 2.50. The molecule has 9 aromatic rings. The Kier molecular flexibility index (Phi) is 7.19. The predicted molar refractivity (Wildman–Crippen MR) is 222 cm³/mol. The standard InChI is InChI=1S/C51H36N2/c1-51(2)46-22-11-10-20-43(46)45-31-37(27-30-47(45)51)40-28-29-44(42-19-9-8-18-41(40)42)49-32-48(52-50(53-49)36-14-4-3-5-15-36)35-25-23-34(24-26-35)39-21-12-16-33-13-6-7-17-38(33)39/h3-32H,1-2H3. The number of nitrogens with zero attached hydrogens (tertiary/aromatic N) is 2. The number of hydrogen-bond donors (Lipinski definition) is 0. The Hall–Kier alpha value is -6.64. The zero-order valence-electron chi connectivity index (χ0n) is 29.7. The highest BCUT2D eigenvalue weighted by atomic mass is 14.9. The number of benzene rings is 8. The molecule has 0 saturated carbocycles. The van der Waals surface area contributed by atoms with Gasteiger partial charge in [0.25, 0.3) is 0 Å². The topological polar surface area (TPSA) is 25.8 Å². The highest BCUT2D eigenvalue weighted by Gasteiger charge is 2.35. The van der Waals surface area contributed by atoms with Crippen molar-refractivity contribution in [2.45, 2.75) is 19.3 Å². The lowest BCUT2D eigenvalue weighted by Crippen LogP contribution is -2.14. The molecule has 1 aliphatic carbocycles. The van der Waals surface area contributed by atoms with Crippen LogP contribution in [0.1, 0.15) is 25.0 Å². The second kappa shape index (κ2) is 12.3. The van der Waals surface area contributed by atoms with Crippen LogP contribution in [0.3, 0.4) is 0 Å². The Morgan fingerprint density at radius 2 is 0.906 bits per heavy atom. The summed E-state index contributed by atoms with van der Waals surface area (Å²) in [5.74, 6) is 0.712. The van der Waals surface area contributed by atoms with Crippen molar-refractivity contribution < 1.29 is 0 Å². The van der Waals surface area contributed by atoms with Gasteiger partial charge in [0.15, 0.2) is 5.82 Å². The first-order valence-electron chi connectivity index (χ1n) is 18.3. The Morgan fingerprint density at radius 1 is 0.340 bits per heavy atom. The molecule has 2 nitrogen and oxygen atoms in total. The van der Waals surface area contributed by atoms with E-state index in [1.54, 1.807) is 0 Å². The smallest absolute Gasteiger partial charge is 0.160 e. The quantitative estimate of drug-likeness (QED) is 0.181. The van der Waals surface area contributed by atoms with Gasteiger partial charge in [0.05, 0.1) is 11.4 Å². The van der Waals surface area contributed by atoms with E-state index in [0.717, 1.165) is 28.1 Å². The van der Waals surface area contributed by atoms with Crippen molar-refractivity contribution in [3.8, 4) is 67.3 Å². The molecule has 10 rings (SSSR count). The van der Waals surface area contributed by atoms with Crippen LogP contribution in [0, 0.1) is 0 Å². The minimum atomic E-state index is -0.0200. The van der Waals surface area contributed by atoms with E-state index >= 15 is 0 Å². The van der Waals surface area contributed by atoms with Crippen LogP contribution in [0.25, 0.3) is 88.8 Å². The maximum Gasteiger partial charge on any atom is 0.160 e. The van der Waals surface area contributed by atoms with Crippen LogP contribution in [-0.2, 0) is 5.41 Å². The SMILES string of the molecule is CC1(C)c2ccccc2-c2cc(-c3ccc(-c4cc(-c5ccc(-c6cccc7ccccc67)cc5)nc(-c5ccccc5)n4)c4ccccc34)ccc21. The van der Waals surface area contributed by atoms with Crippen molar-refractivity contribution in [2.24, 2.45) is 0 Å². The van der Waals surface area contributed by atoms with Gasteiger partial charge >= 0.3 is 0 Å². The third-order valence-corrected chi connectivity index (χ3v) is 11.1. The number of fused-ring (bicyclic) bond motifs is 5. The molecule has 0 spiro atoms. The Balaban J connectivity index is 1.10. The van der Waals surface area contributed by atoms with Crippen molar-refractivity contribution in [1.82, 2.24) is 9.97 Å². The monoisotopic (exact) mass is 676 g/mol. The first kappa shape index (κ1) is 31.1. The molecule has 0 N–H and O–H groups in total. The van der Waals surface area contributed by atoms with Crippen LogP contribution in [0.15, 0.2) is 182 Å². The van der Waals surface area contributed by atoms with Crippen LogP contribution in [0.4, 0.5) is 0 Å². The fourth-order valence-electron chi connectivity index (χ4n) is 8.41. The van der Waals surface area contributed by atoms with Crippen LogP contribution in [0.5, 0.6) is 0 Å². The molecule has 53 heavy (non-hydrogen) atoms. The molecule has 0 saturated heterocycles. The minimum Gasteiger partial charge on any atom is -0.228 e. The molecule has 0 unspecified atom stereocenters. The van der Waals surface area contributed by atoms with Gasteiger partial charge in [0, 0.05) is 22.1 Å². The Bertz CT molecular complexity index is 2840. The van der Waals surface area contributed by atoms with Gasteiger partial charge in [-0.2, -0.15) is 0 Å². The third-order valence-electron chi connectivity index (χ3n) is 11.1. The maximum atomic E-state index is 5.23. The van der Waals surface area contributed by atoms with E-state index in [1.165, 1.54) is 66.1 Å². The van der Waals surface area contributed by atoms with E-state index < -0.39 is 0 Å². The minimum absolute atomic E-state index is 0.0200. The fourth-order valence-corrected chi connectivity index (χ4v) is 8.41. The second-order valence-corrected chi connectivity index (χ2v) is 14.6. The summed E-state index contributed by atoms with van der Waals surface area (Å²) in [6.07, 6.45) is 0. The van der Waals surface area contributed by atoms with Crippen molar-refractivity contribution in [3.05, 3.63) is 193 Å². The van der Waals surface area contributed by atoms with E-state index in [1.807, 2.05) is 18.2 Å². The van der Waals surface area contributed by atoms with Crippen LogP contribution in [0.2, 0.25) is 0 Å². The van der Waals surface area contributed by atoms with Gasteiger partial charge < -0.3 is 0 Å². The van der Waals surface area contributed by atoms with Crippen molar-refractivity contribution >= 4 is 21.5 Å². The molecule has 1 heterocycles. The Labute approximate surface area is 310 Å². The zero-order valence-corrected chi connectivity index (χ0v) is 29.7. The van der Waals surface area contributed by atoms with Gasteiger partial charge in [-0.25, -0.2) is 9.97 Å². The Morgan fingerprint density at radius 3 is 1.74 bits per heavy atom. The van der Waals surface area contributed by atoms with Gasteiger partial charge in [-0.1, -0.05) is 184 Å². The first-order chi connectivity index (χ1) is 26.0. The lowest BCUT2D eigenvalue weighted by Gasteiger charge is -2.21. The van der Waals surface area contributed by atoms with Crippen LogP contribution in [-0.4, -0.2) is 9.97 Å². The summed E-state index contributed by atoms with van der Waals surface area (Å²) >= 11 is 0. The fraction of sp³-hybridized carbons (Fsp3) is 0.0588. The molecular formula is C51H36N2. The third kappa shape index (κ3) is 5.18. The second-order valence-electron chi connectivity index (χ2n) is 14.6. The van der Waals surface area contributed by atoms with E-state index in [-0.39, 0.29) is 5.41 Å². The molecule has 2 heteroatoms. The molecule has 0 aliphatic heterocycles. The van der Waals surface area contributed by atoms with Crippen molar-refractivity contribution in [1.29, 1.82) is 0 Å². The summed E-state index contributed by atoms with van der Waals surface area (Å²) in [6.45, 7) is 4.67. The average molecular weight is 677 g/mol. The predicted octanol–water partition coefficient (Wildman–Crippen LogP) is 13.4. The highest BCUT2D eigenvalue weighted by molar-refractivity contribution is 6.05. The van der Waals surface area contributed by atoms with Crippen LogP contribution < -0.4 is 0 Å². The summed E-state index contributed by atoms with van der Waals surface area (Å²) in [4.78, 5) is 10.4. The molecule has 1 aliphatic rings. The molecule has 0 radical (unpaired) electrons. The maximum absolute atomic E-state index is 5.23. The molecule has 0 bridgehead atoms. The zero-order chi connectivity index (χ0) is 35.5. The van der Waals surface area contributed by atoms with E-state index in [4.69, 9.17) is 9.97 Å². The summed E-state index contributed by atoms with van der Waals surface area (Å²) in [7, 11) is 0. The molecule has 8 aromatic carbocycles. The van der Waals surface area contributed by atoms with Crippen LogP contribution >= 0.6 is 0 Å². The molecule has 0 fully saturated rings. The van der Waals surface area contributed by atoms with Gasteiger partial charge in [0.1, 0.15) is 0 Å². The van der Waals surface area contributed by atoms with E-state index in [0.29, 0.717) is 5.82 Å². The molecule has 0 atom stereocenters. The van der Waals surface area contributed by atoms with Gasteiger partial charge in [-0.15, -0.1) is 0 Å². The number of rotatable bonds is 5. The summed E-state index contributed by atoms with van der Waals surface area (Å²) in [5, 5.41) is 4.87. The lowest BCUT2D eigenvalue weighted by atomic mass is 9.82. The normalized spacial score (nSPS) is 12.9. The van der Waals surface area contributed by atoms with Gasteiger partial charge in [0.2, 0.25) is 0 Å². The largest absolute Gasteiger partial charge is 0.228 e. The number of aromatic nitrogens is 2. The number of hydrogen-bond acceptors (Lipinski definition) is 2. The first-order valence-corrected chi connectivity index (χ1v) is 18.3. The molecular weight excluding hydrogens is 641 g/mol. The lowest BCUT2D eigenvalue weighted by molar-refractivity contribution is 0.660. The summed E-state index contributed by atoms with van der Waals surface area (Å²) in [6, 6.07) is 65.4. The summed E-state index contributed by atoms with van der Waals surface area (Å²) < 4.78 is 0. The molecule has 1 aromatic heterocycles. The van der Waals surface area contributed by atoms with E-state index in [9.17, 15) is 0 Å². The van der Waals surface area contributed by atoms with Gasteiger partial charge in [-0.05, 0) is 78.2 Å².